The van der Waals surface area contributed by atoms with Crippen LogP contribution in [-0.4, -0.2) is 29.3 Å². The highest BCUT2D eigenvalue weighted by Gasteiger charge is 2.25. The normalized spacial score (nSPS) is 11.3. The first kappa shape index (κ1) is 17.2. The van der Waals surface area contributed by atoms with Crippen LogP contribution >= 0.6 is 0 Å². The van der Waals surface area contributed by atoms with Gasteiger partial charge in [0, 0.05) is 12.1 Å². The van der Waals surface area contributed by atoms with E-state index >= 15 is 0 Å². The molecule has 0 saturated heterocycles. The van der Waals surface area contributed by atoms with Crippen molar-refractivity contribution in [2.75, 3.05) is 13.7 Å². The predicted molar refractivity (Wildman–Crippen MR) is 78.6 cm³/mol. The molecule has 0 radical (unpaired) electrons. The molecule has 0 amide bonds. The van der Waals surface area contributed by atoms with Gasteiger partial charge in [0.2, 0.25) is 0 Å². The Labute approximate surface area is 123 Å². The van der Waals surface area contributed by atoms with Crippen LogP contribution in [0.5, 0.6) is 11.5 Å². The van der Waals surface area contributed by atoms with Crippen LogP contribution in [0.3, 0.4) is 0 Å². The lowest BCUT2D eigenvalue weighted by Gasteiger charge is -2.25. The topological polar surface area (TPSA) is 108 Å². The van der Waals surface area contributed by atoms with Gasteiger partial charge < -0.3 is 20.3 Å². The van der Waals surface area contributed by atoms with E-state index in [2.05, 4.69) is 0 Å². The molecule has 0 aromatic heterocycles. The Hall–Kier alpha value is -1.86. The zero-order valence-corrected chi connectivity index (χ0v) is 12.6. The molecule has 1 rings (SSSR count). The van der Waals surface area contributed by atoms with Crippen molar-refractivity contribution in [3.8, 4) is 11.5 Å². The maximum Gasteiger partial charge on any atom is 0.277 e. The van der Waals surface area contributed by atoms with Gasteiger partial charge in [-0.15, -0.1) is 0 Å². The van der Waals surface area contributed by atoms with E-state index in [1.165, 1.54) is 19.2 Å². The average Bonchev–Trinajstić information content (AvgIpc) is 2.51. The van der Waals surface area contributed by atoms with Gasteiger partial charge in [0.1, 0.15) is 6.61 Å². The summed E-state index contributed by atoms with van der Waals surface area (Å²) < 4.78 is 10.7. The average molecular weight is 298 g/mol. The van der Waals surface area contributed by atoms with Crippen LogP contribution < -0.4 is 15.2 Å². The largest absolute Gasteiger partial charge is 0.493 e. The van der Waals surface area contributed by atoms with Gasteiger partial charge in [-0.2, -0.15) is 0 Å². The van der Waals surface area contributed by atoms with E-state index in [4.69, 9.17) is 15.2 Å². The number of aliphatic hydroxyl groups is 1. The molecule has 0 fully saturated rings. The lowest BCUT2D eigenvalue weighted by atomic mass is 9.99. The van der Waals surface area contributed by atoms with Crippen LogP contribution in [0.4, 0.5) is 5.69 Å². The smallest absolute Gasteiger partial charge is 0.277 e. The zero-order chi connectivity index (χ0) is 16.0. The van der Waals surface area contributed by atoms with Crippen LogP contribution in [0.1, 0.15) is 32.3 Å². The SMILES string of the molecule is CCC(O)(CC)COc1cc([N+](=O)[O-])c(CN)cc1OC. The zero-order valence-electron chi connectivity index (χ0n) is 12.6. The van der Waals surface area contributed by atoms with Gasteiger partial charge in [-0.1, -0.05) is 13.8 Å². The van der Waals surface area contributed by atoms with E-state index in [1.807, 2.05) is 13.8 Å². The number of hydrogen-bond acceptors (Lipinski definition) is 6. The molecule has 7 nitrogen and oxygen atoms in total. The number of nitrogens with two attached hydrogens (primary N) is 1. The molecule has 0 aliphatic heterocycles. The van der Waals surface area contributed by atoms with Gasteiger partial charge in [-0.25, -0.2) is 0 Å². The van der Waals surface area contributed by atoms with Crippen molar-refractivity contribution in [3.63, 3.8) is 0 Å². The number of methoxy groups -OCH3 is 1. The summed E-state index contributed by atoms with van der Waals surface area (Å²) in [6, 6.07) is 2.77. The molecule has 21 heavy (non-hydrogen) atoms. The number of rotatable bonds is 8. The minimum Gasteiger partial charge on any atom is -0.493 e. The first-order valence-electron chi connectivity index (χ1n) is 6.81. The standard InChI is InChI=1S/C14H22N2O5/c1-4-14(17,5-2)9-21-13-7-11(16(18)19)10(8-15)6-12(13)20-3/h6-7,17H,4-5,8-9,15H2,1-3H3. The molecule has 0 aliphatic rings. The summed E-state index contributed by atoms with van der Waals surface area (Å²) in [6.07, 6.45) is 1.05. The fourth-order valence-corrected chi connectivity index (χ4v) is 1.86. The minimum atomic E-state index is -0.966. The van der Waals surface area contributed by atoms with E-state index in [1.54, 1.807) is 0 Å². The van der Waals surface area contributed by atoms with E-state index in [-0.39, 0.29) is 24.6 Å². The predicted octanol–water partition coefficient (Wildman–Crippen LogP) is 1.99. The van der Waals surface area contributed by atoms with Gasteiger partial charge in [0.05, 0.1) is 23.7 Å². The molecule has 0 atom stereocenters. The van der Waals surface area contributed by atoms with E-state index in [9.17, 15) is 15.2 Å². The molecule has 118 valence electrons. The summed E-state index contributed by atoms with van der Waals surface area (Å²) in [5.74, 6) is 0.581. The number of nitrogens with zero attached hydrogens (tertiary/aromatic N) is 1. The molecule has 0 heterocycles. The third kappa shape index (κ3) is 4.05. The molecule has 3 N–H and O–H groups in total. The number of nitro groups is 1. The highest BCUT2D eigenvalue weighted by Crippen LogP contribution is 2.35. The Morgan fingerprint density at radius 2 is 1.95 bits per heavy atom. The van der Waals surface area contributed by atoms with Crippen LogP contribution in [0.25, 0.3) is 0 Å². The van der Waals surface area contributed by atoms with Crippen molar-refractivity contribution < 1.29 is 19.5 Å². The maximum absolute atomic E-state index is 11.1. The van der Waals surface area contributed by atoms with Crippen molar-refractivity contribution in [1.82, 2.24) is 0 Å². The highest BCUT2D eigenvalue weighted by atomic mass is 16.6. The quantitative estimate of drug-likeness (QED) is 0.561. The summed E-state index contributed by atoms with van der Waals surface area (Å²) in [5.41, 5.74) is 4.79. The summed E-state index contributed by atoms with van der Waals surface area (Å²) >= 11 is 0. The van der Waals surface area contributed by atoms with E-state index in [0.717, 1.165) is 0 Å². The van der Waals surface area contributed by atoms with E-state index in [0.29, 0.717) is 24.2 Å². The van der Waals surface area contributed by atoms with Crippen LogP contribution in [-0.2, 0) is 6.54 Å². The Kier molecular flexibility index (Phi) is 5.92. The van der Waals surface area contributed by atoms with Crippen LogP contribution in [0, 0.1) is 10.1 Å². The molecule has 0 unspecified atom stereocenters. The minimum absolute atomic E-state index is 0.0286. The van der Waals surface area contributed by atoms with Crippen molar-refractivity contribution >= 4 is 5.69 Å². The maximum atomic E-state index is 11.1. The van der Waals surface area contributed by atoms with Crippen molar-refractivity contribution in [2.45, 2.75) is 38.8 Å². The first-order chi connectivity index (χ1) is 9.90. The van der Waals surface area contributed by atoms with Gasteiger partial charge in [0.25, 0.3) is 5.69 Å². The lowest BCUT2D eigenvalue weighted by molar-refractivity contribution is -0.385. The number of benzene rings is 1. The van der Waals surface area contributed by atoms with E-state index < -0.39 is 10.5 Å². The first-order valence-corrected chi connectivity index (χ1v) is 6.81. The van der Waals surface area contributed by atoms with Gasteiger partial charge in [0.15, 0.2) is 11.5 Å². The summed E-state index contributed by atoms with van der Waals surface area (Å²) in [6.45, 7) is 3.77. The molecule has 7 heteroatoms. The molecular weight excluding hydrogens is 276 g/mol. The fraction of sp³-hybridized carbons (Fsp3) is 0.571. The Morgan fingerprint density at radius 3 is 2.38 bits per heavy atom. The van der Waals surface area contributed by atoms with Crippen LogP contribution in [0.2, 0.25) is 0 Å². The van der Waals surface area contributed by atoms with Gasteiger partial charge in [-0.3, -0.25) is 10.1 Å². The molecular formula is C14H22N2O5. The second-order valence-electron chi connectivity index (χ2n) is 4.81. The number of nitro benzene ring substituents is 1. The van der Waals surface area contributed by atoms with Gasteiger partial charge >= 0.3 is 0 Å². The number of hydrogen-bond donors (Lipinski definition) is 2. The highest BCUT2D eigenvalue weighted by molar-refractivity contribution is 5.54. The second-order valence-corrected chi connectivity index (χ2v) is 4.81. The van der Waals surface area contributed by atoms with Gasteiger partial charge in [-0.05, 0) is 18.9 Å². The van der Waals surface area contributed by atoms with Crippen molar-refractivity contribution in [2.24, 2.45) is 5.73 Å². The monoisotopic (exact) mass is 298 g/mol. The third-order valence-electron chi connectivity index (χ3n) is 3.59. The van der Waals surface area contributed by atoms with Crippen LogP contribution in [0.15, 0.2) is 12.1 Å². The molecule has 0 spiro atoms. The summed E-state index contributed by atoms with van der Waals surface area (Å²) in [5, 5.41) is 21.3. The molecule has 0 aliphatic carbocycles. The summed E-state index contributed by atoms with van der Waals surface area (Å²) in [7, 11) is 1.44. The van der Waals surface area contributed by atoms with Crippen molar-refractivity contribution in [1.29, 1.82) is 0 Å². The third-order valence-corrected chi connectivity index (χ3v) is 3.59. The second kappa shape index (κ2) is 7.24. The molecule has 0 bridgehead atoms. The summed E-state index contributed by atoms with van der Waals surface area (Å²) in [4.78, 5) is 10.5. The fourth-order valence-electron chi connectivity index (χ4n) is 1.86. The number of ether oxygens (including phenoxy) is 2. The Morgan fingerprint density at radius 1 is 1.33 bits per heavy atom. The molecule has 1 aromatic carbocycles. The lowest BCUT2D eigenvalue weighted by Crippen LogP contribution is -2.34. The molecule has 1 aromatic rings. The Bertz CT molecular complexity index is 500. The Balaban J connectivity index is 3.11. The molecule has 0 saturated carbocycles. The van der Waals surface area contributed by atoms with Crippen molar-refractivity contribution in [3.05, 3.63) is 27.8 Å².